The summed E-state index contributed by atoms with van der Waals surface area (Å²) in [5, 5.41) is 10.6. The normalized spacial score (nSPS) is 18.8. The fourth-order valence-corrected chi connectivity index (χ4v) is 5.45. The van der Waals surface area contributed by atoms with Gasteiger partial charge in [0.25, 0.3) is 5.91 Å². The van der Waals surface area contributed by atoms with Gasteiger partial charge in [-0.1, -0.05) is 24.3 Å². The number of pyridine rings is 1. The average molecular weight is 567 g/mol. The highest BCUT2D eigenvalue weighted by atomic mass is 16.2. The lowest BCUT2D eigenvalue weighted by atomic mass is 9.80. The van der Waals surface area contributed by atoms with Gasteiger partial charge in [-0.3, -0.25) is 9.59 Å². The van der Waals surface area contributed by atoms with Crippen LogP contribution in [0.15, 0.2) is 67.1 Å². The maximum Gasteiger partial charge on any atom is 0.270 e. The molecule has 42 heavy (non-hydrogen) atoms. The third kappa shape index (κ3) is 7.01. The fourth-order valence-electron chi connectivity index (χ4n) is 5.45. The highest BCUT2D eigenvalue weighted by molar-refractivity contribution is 5.99. The maximum atomic E-state index is 13.1. The average Bonchev–Trinajstić information content (AvgIpc) is 3.38. The fraction of sp³-hybridized carbons (Fsp3) is 0.344. The molecule has 10 nitrogen and oxygen atoms in total. The molecule has 2 atom stereocenters. The molecule has 218 valence electrons. The van der Waals surface area contributed by atoms with Crippen molar-refractivity contribution < 1.29 is 9.59 Å². The number of para-hydroxylation sites is 1. The Hall–Kier alpha value is -4.57. The summed E-state index contributed by atoms with van der Waals surface area (Å²) in [7, 11) is 3.86. The quantitative estimate of drug-likeness (QED) is 0.212. The number of amides is 2. The van der Waals surface area contributed by atoms with Crippen molar-refractivity contribution in [2.45, 2.75) is 51.1 Å². The first-order valence-electron chi connectivity index (χ1n) is 14.3. The number of anilines is 2. The first kappa shape index (κ1) is 28.9. The number of fused-ring (bicyclic) bond motifs is 1. The molecule has 3 aromatic heterocycles. The van der Waals surface area contributed by atoms with Crippen LogP contribution in [0.2, 0.25) is 0 Å². The number of carbonyl (C=O) groups excluding carboxylic acids is 2. The van der Waals surface area contributed by atoms with Crippen LogP contribution in [-0.2, 0) is 4.79 Å². The Labute approximate surface area is 246 Å². The molecule has 1 aliphatic carbocycles. The van der Waals surface area contributed by atoms with Gasteiger partial charge in [-0.05, 0) is 77.4 Å². The smallest absolute Gasteiger partial charge is 0.270 e. The SMILES string of the molecule is Cc1cnc(N[C@@H]2CCC[C@](C)(NC(=O)c3ccc(NC(=O)/C=C/CN(C)C)cn3)C2)nc1-c1c[nH]c2ccccc12. The standard InChI is InChI=1S/C32H38N8O2/c1-21-18-35-31(38-29(21)25-20-34-26-11-6-5-10-24(25)26)37-22-9-7-15-32(2,17-22)39-30(42)27-14-13-23(19-33-27)36-28(41)12-8-16-40(3)4/h5-6,8,10-14,18-20,22,34H,7,9,15-17H2,1-4H3,(H,36,41)(H,39,42)(H,35,37,38)/b12-8+/t22-,32+/m1/s1. The number of carbonyl (C=O) groups is 2. The number of aromatic nitrogens is 4. The molecule has 0 bridgehead atoms. The minimum absolute atomic E-state index is 0.105. The Morgan fingerprint density at radius 1 is 1.14 bits per heavy atom. The van der Waals surface area contributed by atoms with Crippen molar-refractivity contribution in [3.63, 3.8) is 0 Å². The van der Waals surface area contributed by atoms with Gasteiger partial charge < -0.3 is 25.8 Å². The van der Waals surface area contributed by atoms with Crippen LogP contribution in [-0.4, -0.2) is 68.9 Å². The summed E-state index contributed by atoms with van der Waals surface area (Å²) in [6, 6.07) is 11.6. The predicted octanol–water partition coefficient (Wildman–Crippen LogP) is 4.93. The molecule has 4 N–H and O–H groups in total. The predicted molar refractivity (Wildman–Crippen MR) is 166 cm³/mol. The van der Waals surface area contributed by atoms with Crippen LogP contribution in [0.25, 0.3) is 22.2 Å². The minimum atomic E-state index is -0.414. The summed E-state index contributed by atoms with van der Waals surface area (Å²) < 4.78 is 0. The summed E-state index contributed by atoms with van der Waals surface area (Å²) in [4.78, 5) is 44.2. The van der Waals surface area contributed by atoms with E-state index in [9.17, 15) is 9.59 Å². The van der Waals surface area contributed by atoms with Crippen molar-refractivity contribution >= 4 is 34.4 Å². The van der Waals surface area contributed by atoms with E-state index in [2.05, 4.69) is 50.0 Å². The van der Waals surface area contributed by atoms with E-state index >= 15 is 0 Å². The van der Waals surface area contributed by atoms with Gasteiger partial charge in [0, 0.05) is 53.1 Å². The van der Waals surface area contributed by atoms with Gasteiger partial charge in [0.15, 0.2) is 0 Å². The van der Waals surface area contributed by atoms with Gasteiger partial charge in [0.1, 0.15) is 5.69 Å². The van der Waals surface area contributed by atoms with E-state index in [-0.39, 0.29) is 17.9 Å². The Bertz CT molecular complexity index is 1590. The number of H-pyrrole nitrogens is 1. The number of benzene rings is 1. The summed E-state index contributed by atoms with van der Waals surface area (Å²) in [5.74, 6) is 0.0997. The van der Waals surface area contributed by atoms with E-state index in [0.717, 1.165) is 53.4 Å². The van der Waals surface area contributed by atoms with Gasteiger partial charge in [-0.25, -0.2) is 15.0 Å². The molecule has 3 heterocycles. The lowest BCUT2D eigenvalue weighted by Gasteiger charge is -2.39. The van der Waals surface area contributed by atoms with E-state index in [4.69, 9.17) is 4.98 Å². The third-order valence-electron chi connectivity index (χ3n) is 7.55. The molecule has 0 spiro atoms. The Balaban J connectivity index is 1.21. The largest absolute Gasteiger partial charge is 0.360 e. The van der Waals surface area contributed by atoms with Crippen LogP contribution in [0.1, 0.15) is 48.7 Å². The van der Waals surface area contributed by atoms with Crippen LogP contribution < -0.4 is 16.0 Å². The van der Waals surface area contributed by atoms with Gasteiger partial charge >= 0.3 is 0 Å². The molecule has 0 saturated heterocycles. The van der Waals surface area contributed by atoms with Gasteiger partial charge in [0.2, 0.25) is 11.9 Å². The monoisotopic (exact) mass is 566 g/mol. The highest BCUT2D eigenvalue weighted by Crippen LogP contribution is 2.32. The minimum Gasteiger partial charge on any atom is -0.360 e. The van der Waals surface area contributed by atoms with Crippen LogP contribution in [0, 0.1) is 6.92 Å². The van der Waals surface area contributed by atoms with E-state index in [1.165, 1.54) is 12.3 Å². The number of nitrogens with zero attached hydrogens (tertiary/aromatic N) is 4. The number of rotatable bonds is 9. The zero-order valence-corrected chi connectivity index (χ0v) is 24.6. The zero-order valence-electron chi connectivity index (χ0n) is 24.6. The molecule has 2 amide bonds. The van der Waals surface area contributed by atoms with Gasteiger partial charge in [-0.2, -0.15) is 0 Å². The highest BCUT2D eigenvalue weighted by Gasteiger charge is 2.34. The molecule has 0 radical (unpaired) electrons. The summed E-state index contributed by atoms with van der Waals surface area (Å²) >= 11 is 0. The van der Waals surface area contributed by atoms with Crippen LogP contribution in [0.4, 0.5) is 11.6 Å². The number of aromatic amines is 1. The zero-order chi connectivity index (χ0) is 29.7. The summed E-state index contributed by atoms with van der Waals surface area (Å²) in [5.41, 5.74) is 4.44. The second-order valence-electron chi connectivity index (χ2n) is 11.5. The van der Waals surface area contributed by atoms with E-state index in [1.807, 2.05) is 50.4 Å². The van der Waals surface area contributed by atoms with Crippen molar-refractivity contribution in [3.05, 3.63) is 78.4 Å². The molecule has 1 fully saturated rings. The first-order valence-corrected chi connectivity index (χ1v) is 14.3. The summed E-state index contributed by atoms with van der Waals surface area (Å²) in [6.07, 6.45) is 12.1. The van der Waals surface area contributed by atoms with Crippen molar-refractivity contribution in [1.82, 2.24) is 30.2 Å². The van der Waals surface area contributed by atoms with Crippen LogP contribution >= 0.6 is 0 Å². The lowest BCUT2D eigenvalue weighted by molar-refractivity contribution is -0.111. The van der Waals surface area contributed by atoms with Gasteiger partial charge in [0.05, 0.1) is 17.6 Å². The second kappa shape index (κ2) is 12.5. The molecule has 4 aromatic rings. The first-order chi connectivity index (χ1) is 20.2. The van der Waals surface area contributed by atoms with Crippen molar-refractivity contribution in [2.75, 3.05) is 31.3 Å². The number of hydrogen-bond acceptors (Lipinski definition) is 7. The van der Waals surface area contributed by atoms with E-state index in [1.54, 1.807) is 18.2 Å². The molecular weight excluding hydrogens is 528 g/mol. The molecule has 1 aromatic carbocycles. The molecule has 10 heteroatoms. The second-order valence-corrected chi connectivity index (χ2v) is 11.5. The Morgan fingerprint density at radius 3 is 2.76 bits per heavy atom. The Kier molecular flexibility index (Phi) is 8.63. The van der Waals surface area contributed by atoms with E-state index in [0.29, 0.717) is 23.9 Å². The molecule has 0 unspecified atom stereocenters. The molecular formula is C32H38N8O2. The lowest BCUT2D eigenvalue weighted by Crippen LogP contribution is -2.51. The van der Waals surface area contributed by atoms with Crippen molar-refractivity contribution in [3.8, 4) is 11.3 Å². The van der Waals surface area contributed by atoms with Crippen molar-refractivity contribution in [1.29, 1.82) is 0 Å². The summed E-state index contributed by atoms with van der Waals surface area (Å²) in [6.45, 7) is 4.76. The maximum absolute atomic E-state index is 13.1. The van der Waals surface area contributed by atoms with Crippen LogP contribution in [0.3, 0.4) is 0 Å². The molecule has 1 saturated carbocycles. The van der Waals surface area contributed by atoms with Crippen molar-refractivity contribution in [2.24, 2.45) is 0 Å². The molecule has 0 aliphatic heterocycles. The number of nitrogens with one attached hydrogen (secondary N) is 4. The molecule has 5 rings (SSSR count). The van der Waals surface area contributed by atoms with E-state index < -0.39 is 5.54 Å². The third-order valence-corrected chi connectivity index (χ3v) is 7.55. The molecule has 1 aliphatic rings. The number of likely N-dealkylation sites (N-methyl/N-ethyl adjacent to an activating group) is 1. The Morgan fingerprint density at radius 2 is 1.98 bits per heavy atom. The topological polar surface area (TPSA) is 128 Å². The number of aryl methyl sites for hydroxylation is 1. The number of hydrogen-bond donors (Lipinski definition) is 4. The van der Waals surface area contributed by atoms with Gasteiger partial charge in [-0.15, -0.1) is 0 Å². The van der Waals surface area contributed by atoms with Crippen LogP contribution in [0.5, 0.6) is 0 Å².